The molecular weight excluding hydrogens is 376 g/mol. The van der Waals surface area contributed by atoms with Gasteiger partial charge < -0.3 is 4.74 Å². The van der Waals surface area contributed by atoms with Gasteiger partial charge in [0.2, 0.25) is 10.0 Å². The normalized spacial score (nSPS) is 15.0. The first-order valence-electron chi connectivity index (χ1n) is 9.29. The van der Waals surface area contributed by atoms with Crippen molar-refractivity contribution in [3.8, 4) is 11.8 Å². The molecule has 3 rings (SSSR count). The van der Waals surface area contributed by atoms with Gasteiger partial charge in [-0.15, -0.1) is 0 Å². The summed E-state index contributed by atoms with van der Waals surface area (Å²) in [5.74, 6) is -0.189. The maximum atomic E-state index is 12.7. The zero-order valence-corrected chi connectivity index (χ0v) is 16.3. The molecular formula is C21H22N2O4S. The van der Waals surface area contributed by atoms with Crippen molar-refractivity contribution in [1.29, 1.82) is 5.26 Å². The molecule has 6 nitrogen and oxygen atoms in total. The van der Waals surface area contributed by atoms with E-state index < -0.39 is 16.0 Å². The van der Waals surface area contributed by atoms with Gasteiger partial charge in [0.25, 0.3) is 0 Å². The van der Waals surface area contributed by atoms with Crippen LogP contribution in [0.3, 0.4) is 0 Å². The highest BCUT2D eigenvalue weighted by molar-refractivity contribution is 7.89. The number of carbonyl (C=O) groups is 1. The second-order valence-corrected chi connectivity index (χ2v) is 8.63. The molecule has 0 bridgehead atoms. The van der Waals surface area contributed by atoms with E-state index in [1.165, 1.54) is 4.31 Å². The fourth-order valence-corrected chi connectivity index (χ4v) is 4.67. The van der Waals surface area contributed by atoms with Crippen LogP contribution in [0.4, 0.5) is 0 Å². The second kappa shape index (κ2) is 9.00. The molecule has 2 aromatic rings. The molecule has 1 fully saturated rings. The van der Waals surface area contributed by atoms with Crippen molar-refractivity contribution in [2.45, 2.75) is 37.0 Å². The van der Waals surface area contributed by atoms with Gasteiger partial charge in [-0.25, -0.2) is 8.42 Å². The van der Waals surface area contributed by atoms with Crippen LogP contribution < -0.4 is 4.74 Å². The van der Waals surface area contributed by atoms with Crippen LogP contribution in [0.2, 0.25) is 0 Å². The minimum Gasteiger partial charge on any atom is -0.425 e. The zero-order valence-electron chi connectivity index (χ0n) is 15.5. The highest BCUT2D eigenvalue weighted by atomic mass is 32.2. The lowest BCUT2D eigenvalue weighted by Crippen LogP contribution is -2.35. The summed E-state index contributed by atoms with van der Waals surface area (Å²) in [5, 5.41) is 9.03. The molecule has 1 heterocycles. The van der Waals surface area contributed by atoms with Gasteiger partial charge in [0.05, 0.1) is 10.5 Å². The summed E-state index contributed by atoms with van der Waals surface area (Å²) < 4.78 is 32.1. The number of rotatable bonds is 6. The molecule has 0 N–H and O–H groups in total. The van der Waals surface area contributed by atoms with Crippen LogP contribution >= 0.6 is 0 Å². The third-order valence-corrected chi connectivity index (χ3v) is 6.64. The van der Waals surface area contributed by atoms with Crippen molar-refractivity contribution in [3.05, 3.63) is 59.7 Å². The number of para-hydroxylation sites is 1. The van der Waals surface area contributed by atoms with E-state index >= 15 is 0 Å². The Morgan fingerprint density at radius 1 is 1.04 bits per heavy atom. The van der Waals surface area contributed by atoms with Crippen molar-refractivity contribution < 1.29 is 17.9 Å². The number of ether oxygens (including phenoxy) is 1. The van der Waals surface area contributed by atoms with E-state index in [1.807, 2.05) is 6.07 Å². The van der Waals surface area contributed by atoms with Crippen LogP contribution in [-0.2, 0) is 21.2 Å². The van der Waals surface area contributed by atoms with E-state index in [-0.39, 0.29) is 17.1 Å². The number of esters is 1. The third-order valence-electron chi connectivity index (χ3n) is 4.73. The molecule has 0 unspecified atom stereocenters. The van der Waals surface area contributed by atoms with Crippen LogP contribution in [0, 0.1) is 11.3 Å². The molecule has 0 atom stereocenters. The molecule has 1 aliphatic heterocycles. The Hall–Kier alpha value is -2.69. The molecule has 2 aromatic carbocycles. The Morgan fingerprint density at radius 3 is 2.39 bits per heavy atom. The largest absolute Gasteiger partial charge is 0.425 e. The van der Waals surface area contributed by atoms with Crippen LogP contribution in [-0.4, -0.2) is 31.8 Å². The van der Waals surface area contributed by atoms with Crippen molar-refractivity contribution in [3.63, 3.8) is 0 Å². The number of nitrogens with zero attached hydrogens (tertiary/aromatic N) is 2. The van der Waals surface area contributed by atoms with Crippen molar-refractivity contribution in [2.24, 2.45) is 0 Å². The van der Waals surface area contributed by atoms with E-state index in [9.17, 15) is 13.2 Å². The fourth-order valence-electron chi connectivity index (χ4n) is 3.15. The topological polar surface area (TPSA) is 87.5 Å². The van der Waals surface area contributed by atoms with E-state index in [1.54, 1.807) is 48.5 Å². The number of carbonyl (C=O) groups excluding carboxylic acids is 1. The minimum absolute atomic E-state index is 0.137. The SMILES string of the molecule is N#Cc1ccccc1OC(=O)CCc1ccc(S(=O)(=O)N2CCCCC2)cc1. The zero-order chi connectivity index (χ0) is 20.0. The average Bonchev–Trinajstić information content (AvgIpc) is 2.73. The van der Waals surface area contributed by atoms with Gasteiger partial charge in [0.15, 0.2) is 0 Å². The Labute approximate surface area is 165 Å². The average molecular weight is 398 g/mol. The maximum Gasteiger partial charge on any atom is 0.311 e. The van der Waals surface area contributed by atoms with Gasteiger partial charge >= 0.3 is 5.97 Å². The summed E-state index contributed by atoms with van der Waals surface area (Å²) in [7, 11) is -3.45. The Bertz CT molecular complexity index is 972. The molecule has 0 radical (unpaired) electrons. The molecule has 1 aliphatic rings. The number of nitriles is 1. The molecule has 0 spiro atoms. The first-order chi connectivity index (χ1) is 13.5. The van der Waals surface area contributed by atoms with Gasteiger partial charge in [-0.1, -0.05) is 30.7 Å². The lowest BCUT2D eigenvalue weighted by Gasteiger charge is -2.25. The number of aryl methyl sites for hydroxylation is 1. The maximum absolute atomic E-state index is 12.7. The van der Waals surface area contributed by atoms with Gasteiger partial charge in [0.1, 0.15) is 11.8 Å². The van der Waals surface area contributed by atoms with E-state index in [0.717, 1.165) is 24.8 Å². The van der Waals surface area contributed by atoms with Crippen molar-refractivity contribution in [1.82, 2.24) is 4.31 Å². The molecule has 1 saturated heterocycles. The molecule has 7 heteroatoms. The number of sulfonamides is 1. The quantitative estimate of drug-likeness (QED) is 0.550. The fraction of sp³-hybridized carbons (Fsp3) is 0.333. The smallest absolute Gasteiger partial charge is 0.311 e. The standard InChI is InChI=1S/C21H22N2O4S/c22-16-18-6-2-3-7-20(18)27-21(24)13-10-17-8-11-19(12-9-17)28(25,26)23-14-4-1-5-15-23/h2-3,6-9,11-12H,1,4-5,10,13-15H2. The van der Waals surface area contributed by atoms with Crippen LogP contribution in [0.1, 0.15) is 36.8 Å². The summed E-state index contributed by atoms with van der Waals surface area (Å²) >= 11 is 0. The minimum atomic E-state index is -3.45. The first-order valence-corrected chi connectivity index (χ1v) is 10.7. The lowest BCUT2D eigenvalue weighted by atomic mass is 10.1. The van der Waals surface area contributed by atoms with Gasteiger partial charge in [0, 0.05) is 19.5 Å². The van der Waals surface area contributed by atoms with Gasteiger partial charge in [-0.2, -0.15) is 9.57 Å². The Kier molecular flexibility index (Phi) is 6.45. The second-order valence-electron chi connectivity index (χ2n) is 6.69. The monoisotopic (exact) mass is 398 g/mol. The highest BCUT2D eigenvalue weighted by Crippen LogP contribution is 2.21. The summed E-state index contributed by atoms with van der Waals surface area (Å²) in [6.07, 6.45) is 3.43. The highest BCUT2D eigenvalue weighted by Gasteiger charge is 2.25. The van der Waals surface area contributed by atoms with Crippen LogP contribution in [0.25, 0.3) is 0 Å². The van der Waals surface area contributed by atoms with Gasteiger partial charge in [-0.05, 0) is 49.1 Å². The molecule has 28 heavy (non-hydrogen) atoms. The van der Waals surface area contributed by atoms with Crippen LogP contribution in [0.5, 0.6) is 5.75 Å². The van der Waals surface area contributed by atoms with E-state index in [2.05, 4.69) is 0 Å². The summed E-state index contributed by atoms with van der Waals surface area (Å²) in [6, 6.07) is 15.2. The summed E-state index contributed by atoms with van der Waals surface area (Å²) in [6.45, 7) is 1.14. The summed E-state index contributed by atoms with van der Waals surface area (Å²) in [4.78, 5) is 12.3. The number of piperidine rings is 1. The summed E-state index contributed by atoms with van der Waals surface area (Å²) in [5.41, 5.74) is 1.16. The van der Waals surface area contributed by atoms with Crippen LogP contribution in [0.15, 0.2) is 53.4 Å². The number of hydrogen-bond donors (Lipinski definition) is 0. The van der Waals surface area contributed by atoms with Crippen molar-refractivity contribution in [2.75, 3.05) is 13.1 Å². The Balaban J connectivity index is 1.58. The van der Waals surface area contributed by atoms with E-state index in [4.69, 9.17) is 10.00 Å². The molecule has 146 valence electrons. The third kappa shape index (κ3) is 4.77. The molecule has 0 aliphatic carbocycles. The van der Waals surface area contributed by atoms with Crippen molar-refractivity contribution >= 4 is 16.0 Å². The van der Waals surface area contributed by atoms with Gasteiger partial charge in [-0.3, -0.25) is 4.79 Å². The Morgan fingerprint density at radius 2 is 1.71 bits per heavy atom. The molecule has 0 amide bonds. The lowest BCUT2D eigenvalue weighted by molar-refractivity contribution is -0.134. The predicted octanol–water partition coefficient (Wildman–Crippen LogP) is 3.27. The number of hydrogen-bond acceptors (Lipinski definition) is 5. The molecule has 0 aromatic heterocycles. The van der Waals surface area contributed by atoms with E-state index in [0.29, 0.717) is 25.1 Å². The number of benzene rings is 2. The predicted molar refractivity (Wildman–Crippen MR) is 104 cm³/mol. The first kappa shape index (κ1) is 20.1. The molecule has 0 saturated carbocycles.